The van der Waals surface area contributed by atoms with Gasteiger partial charge in [0, 0.05) is 54.8 Å². The Morgan fingerprint density at radius 1 is 1.10 bits per heavy atom. The van der Waals surface area contributed by atoms with Crippen molar-refractivity contribution in [3.63, 3.8) is 0 Å². The molecule has 29 heavy (non-hydrogen) atoms. The van der Waals surface area contributed by atoms with Crippen molar-refractivity contribution in [3.8, 4) is 23.3 Å². The first-order valence-electron chi connectivity index (χ1n) is 10.3. The Morgan fingerprint density at radius 3 is 2.66 bits per heavy atom. The Bertz CT molecular complexity index is 863. The molecule has 0 spiro atoms. The topological polar surface area (TPSA) is 33.7 Å². The lowest BCUT2D eigenvalue weighted by atomic mass is 10.1. The zero-order valence-electron chi connectivity index (χ0n) is 16.6. The van der Waals surface area contributed by atoms with Crippen LogP contribution in [0.3, 0.4) is 0 Å². The van der Waals surface area contributed by atoms with Gasteiger partial charge >= 0.3 is 0 Å². The van der Waals surface area contributed by atoms with Crippen molar-refractivity contribution in [1.82, 2.24) is 10.2 Å². The zero-order valence-corrected chi connectivity index (χ0v) is 17.4. The van der Waals surface area contributed by atoms with Crippen LogP contribution in [-0.2, 0) is 11.3 Å². The van der Waals surface area contributed by atoms with Crippen molar-refractivity contribution >= 4 is 11.6 Å². The Hall–Kier alpha value is -2.03. The van der Waals surface area contributed by atoms with E-state index < -0.39 is 0 Å². The van der Waals surface area contributed by atoms with Crippen LogP contribution in [0.5, 0.6) is 11.5 Å². The van der Waals surface area contributed by atoms with Crippen LogP contribution >= 0.6 is 11.6 Å². The number of rotatable bonds is 7. The minimum Gasteiger partial charge on any atom is -0.457 e. The van der Waals surface area contributed by atoms with Gasteiger partial charge in [0.05, 0.1) is 13.2 Å². The van der Waals surface area contributed by atoms with Gasteiger partial charge in [-0.1, -0.05) is 23.4 Å². The smallest absolute Gasteiger partial charge is 0.132 e. The highest BCUT2D eigenvalue weighted by Crippen LogP contribution is 2.28. The van der Waals surface area contributed by atoms with Gasteiger partial charge in [-0.25, -0.2) is 0 Å². The highest BCUT2D eigenvalue weighted by Gasteiger charge is 2.20. The monoisotopic (exact) mass is 410 g/mol. The second-order valence-electron chi connectivity index (χ2n) is 7.54. The Labute approximate surface area is 178 Å². The summed E-state index contributed by atoms with van der Waals surface area (Å²) in [7, 11) is 0. The maximum Gasteiger partial charge on any atom is 0.132 e. The number of ether oxygens (including phenoxy) is 2. The molecule has 1 saturated carbocycles. The first kappa shape index (κ1) is 20.3. The molecule has 1 aliphatic carbocycles. The SMILES string of the molecule is Clc1ccc(Oc2ccc(C#CCCN3CCOCC3)cc2CNC2CC2)cc1. The van der Waals surface area contributed by atoms with Gasteiger partial charge in [0.2, 0.25) is 0 Å². The molecule has 5 heteroatoms. The van der Waals surface area contributed by atoms with Crippen LogP contribution in [0.15, 0.2) is 42.5 Å². The van der Waals surface area contributed by atoms with Crippen molar-refractivity contribution in [2.24, 2.45) is 0 Å². The molecular formula is C24H27ClN2O2. The standard InChI is InChI=1S/C24H27ClN2O2/c25-21-5-9-23(10-6-21)29-24-11-4-19(17-20(24)18-26-22-7-8-22)3-1-2-12-27-13-15-28-16-14-27/h4-6,9-11,17,22,26H,2,7-8,12-16,18H2. The summed E-state index contributed by atoms with van der Waals surface area (Å²) in [6.07, 6.45) is 3.39. The zero-order chi connectivity index (χ0) is 19.9. The van der Waals surface area contributed by atoms with E-state index in [-0.39, 0.29) is 0 Å². The summed E-state index contributed by atoms with van der Waals surface area (Å²) in [5.41, 5.74) is 2.16. The predicted molar refractivity (Wildman–Crippen MR) is 117 cm³/mol. The fourth-order valence-corrected chi connectivity index (χ4v) is 3.40. The number of hydrogen-bond donors (Lipinski definition) is 1. The second-order valence-corrected chi connectivity index (χ2v) is 7.98. The number of halogens is 1. The summed E-state index contributed by atoms with van der Waals surface area (Å²) in [6.45, 7) is 5.48. The maximum absolute atomic E-state index is 6.11. The summed E-state index contributed by atoms with van der Waals surface area (Å²) < 4.78 is 11.5. The molecular weight excluding hydrogens is 384 g/mol. The molecule has 0 bridgehead atoms. The Kier molecular flexibility index (Phi) is 7.08. The van der Waals surface area contributed by atoms with E-state index >= 15 is 0 Å². The lowest BCUT2D eigenvalue weighted by molar-refractivity contribution is 0.0390. The lowest BCUT2D eigenvalue weighted by Gasteiger charge is -2.25. The third-order valence-electron chi connectivity index (χ3n) is 5.15. The van der Waals surface area contributed by atoms with E-state index in [2.05, 4.69) is 28.1 Å². The first-order chi connectivity index (χ1) is 14.3. The highest BCUT2D eigenvalue weighted by atomic mass is 35.5. The number of nitrogens with zero attached hydrogens (tertiary/aromatic N) is 1. The van der Waals surface area contributed by atoms with Gasteiger partial charge in [0.25, 0.3) is 0 Å². The third kappa shape index (κ3) is 6.48. The molecule has 0 atom stereocenters. The van der Waals surface area contributed by atoms with E-state index in [1.165, 1.54) is 12.8 Å². The number of morpholine rings is 1. The van der Waals surface area contributed by atoms with Gasteiger partial charge in [0.15, 0.2) is 0 Å². The molecule has 152 valence electrons. The number of hydrogen-bond acceptors (Lipinski definition) is 4. The fraction of sp³-hybridized carbons (Fsp3) is 0.417. The molecule has 0 amide bonds. The van der Waals surface area contributed by atoms with Crippen molar-refractivity contribution < 1.29 is 9.47 Å². The molecule has 1 heterocycles. The molecule has 0 unspecified atom stereocenters. The van der Waals surface area contributed by atoms with Gasteiger partial charge in [-0.15, -0.1) is 0 Å². The van der Waals surface area contributed by atoms with Crippen molar-refractivity contribution in [2.45, 2.75) is 31.8 Å². The molecule has 2 aromatic carbocycles. The van der Waals surface area contributed by atoms with Gasteiger partial charge < -0.3 is 14.8 Å². The summed E-state index contributed by atoms with van der Waals surface area (Å²) in [6, 6.07) is 14.3. The third-order valence-corrected chi connectivity index (χ3v) is 5.40. The average Bonchev–Trinajstić information content (AvgIpc) is 3.58. The van der Waals surface area contributed by atoms with Crippen molar-refractivity contribution in [2.75, 3.05) is 32.8 Å². The van der Waals surface area contributed by atoms with Gasteiger partial charge in [-0.3, -0.25) is 4.90 Å². The summed E-state index contributed by atoms with van der Waals surface area (Å²) in [4.78, 5) is 2.41. The maximum atomic E-state index is 6.11. The van der Waals surface area contributed by atoms with Crippen LogP contribution in [-0.4, -0.2) is 43.8 Å². The van der Waals surface area contributed by atoms with E-state index in [1.54, 1.807) is 0 Å². The highest BCUT2D eigenvalue weighted by molar-refractivity contribution is 6.30. The van der Waals surface area contributed by atoms with E-state index in [9.17, 15) is 0 Å². The quantitative estimate of drug-likeness (QED) is 0.683. The molecule has 1 aliphatic heterocycles. The Balaban J connectivity index is 1.41. The van der Waals surface area contributed by atoms with Crippen LogP contribution in [0, 0.1) is 11.8 Å². The van der Waals surface area contributed by atoms with Gasteiger partial charge in [0.1, 0.15) is 11.5 Å². The van der Waals surface area contributed by atoms with Crippen molar-refractivity contribution in [3.05, 3.63) is 58.6 Å². The first-order valence-corrected chi connectivity index (χ1v) is 10.7. The molecule has 2 fully saturated rings. The molecule has 2 aliphatic rings. The fourth-order valence-electron chi connectivity index (χ4n) is 3.27. The molecule has 4 nitrogen and oxygen atoms in total. The molecule has 4 rings (SSSR count). The lowest BCUT2D eigenvalue weighted by Crippen LogP contribution is -2.36. The van der Waals surface area contributed by atoms with Crippen LogP contribution in [0.1, 0.15) is 30.4 Å². The van der Waals surface area contributed by atoms with Gasteiger partial charge in [-0.05, 0) is 55.3 Å². The Morgan fingerprint density at radius 2 is 1.90 bits per heavy atom. The molecule has 1 saturated heterocycles. The average molecular weight is 411 g/mol. The van der Waals surface area contributed by atoms with Crippen LogP contribution in [0.2, 0.25) is 5.02 Å². The largest absolute Gasteiger partial charge is 0.457 e. The van der Waals surface area contributed by atoms with Crippen LogP contribution < -0.4 is 10.1 Å². The normalized spacial score (nSPS) is 16.9. The second kappa shape index (κ2) is 10.1. The number of nitrogens with one attached hydrogen (secondary N) is 1. The van der Waals surface area contributed by atoms with E-state index in [4.69, 9.17) is 21.1 Å². The summed E-state index contributed by atoms with van der Waals surface area (Å²) in [5, 5.41) is 4.28. The van der Waals surface area contributed by atoms with E-state index in [0.29, 0.717) is 11.1 Å². The van der Waals surface area contributed by atoms with Crippen LogP contribution in [0.4, 0.5) is 0 Å². The minimum atomic E-state index is 0.640. The summed E-state index contributed by atoms with van der Waals surface area (Å²) in [5.74, 6) is 8.28. The summed E-state index contributed by atoms with van der Waals surface area (Å²) >= 11 is 5.98. The molecule has 2 aromatic rings. The number of benzene rings is 2. The minimum absolute atomic E-state index is 0.640. The predicted octanol–water partition coefficient (Wildman–Crippen LogP) is 4.46. The molecule has 0 aromatic heterocycles. The molecule has 1 N–H and O–H groups in total. The van der Waals surface area contributed by atoms with Gasteiger partial charge in [-0.2, -0.15) is 0 Å². The van der Waals surface area contributed by atoms with Crippen molar-refractivity contribution in [1.29, 1.82) is 0 Å². The van der Waals surface area contributed by atoms with E-state index in [1.807, 2.05) is 36.4 Å². The molecule has 0 radical (unpaired) electrons. The van der Waals surface area contributed by atoms with Crippen LogP contribution in [0.25, 0.3) is 0 Å². The van der Waals surface area contributed by atoms with E-state index in [0.717, 1.165) is 68.4 Å².